The summed E-state index contributed by atoms with van der Waals surface area (Å²) < 4.78 is 0. The van der Waals surface area contributed by atoms with Crippen LogP contribution in [0.5, 0.6) is 0 Å². The maximum atomic E-state index is 3.44. The van der Waals surface area contributed by atoms with Gasteiger partial charge in [0.05, 0.1) is 0 Å². The van der Waals surface area contributed by atoms with Crippen LogP contribution in [-0.4, -0.2) is 19.6 Å². The molecule has 1 saturated heterocycles. The van der Waals surface area contributed by atoms with Gasteiger partial charge >= 0.3 is 0 Å². The lowest BCUT2D eigenvalue weighted by molar-refractivity contribution is 0.570. The van der Waals surface area contributed by atoms with E-state index < -0.39 is 0 Å². The number of anilines is 1. The first-order valence-corrected chi connectivity index (χ1v) is 7.34. The fourth-order valence-electron chi connectivity index (χ4n) is 3.20. The minimum Gasteiger partial charge on any atom is -0.368 e. The number of hydrogen-bond acceptors (Lipinski definition) is 2. The molecule has 1 fully saturated rings. The predicted molar refractivity (Wildman–Crippen MR) is 79.2 cm³/mol. The SMILES string of the molecule is CCC(NC)c1ccccc1N1CCCC1CC. The van der Waals surface area contributed by atoms with Crippen molar-refractivity contribution in [3.8, 4) is 0 Å². The van der Waals surface area contributed by atoms with Crippen molar-refractivity contribution in [3.63, 3.8) is 0 Å². The van der Waals surface area contributed by atoms with Gasteiger partial charge in [-0.3, -0.25) is 0 Å². The van der Waals surface area contributed by atoms with E-state index in [0.717, 1.165) is 12.5 Å². The first-order valence-electron chi connectivity index (χ1n) is 7.34. The lowest BCUT2D eigenvalue weighted by atomic mass is 10.0. The molecular formula is C16H26N2. The average Bonchev–Trinajstić information content (AvgIpc) is 2.89. The highest BCUT2D eigenvalue weighted by molar-refractivity contribution is 5.56. The maximum Gasteiger partial charge on any atom is 0.0417 e. The molecule has 1 heterocycles. The van der Waals surface area contributed by atoms with Crippen molar-refractivity contribution in [2.45, 2.75) is 51.6 Å². The monoisotopic (exact) mass is 246 g/mol. The van der Waals surface area contributed by atoms with Crippen LogP contribution in [0.4, 0.5) is 5.69 Å². The molecule has 0 saturated carbocycles. The third-order valence-electron chi connectivity index (χ3n) is 4.23. The third kappa shape index (κ3) is 2.54. The van der Waals surface area contributed by atoms with Gasteiger partial charge in [-0.1, -0.05) is 32.0 Å². The van der Waals surface area contributed by atoms with Crippen molar-refractivity contribution in [2.24, 2.45) is 0 Å². The van der Waals surface area contributed by atoms with E-state index in [9.17, 15) is 0 Å². The first-order chi connectivity index (χ1) is 8.81. The summed E-state index contributed by atoms with van der Waals surface area (Å²) in [5, 5.41) is 3.44. The summed E-state index contributed by atoms with van der Waals surface area (Å²) in [5.41, 5.74) is 2.91. The fourth-order valence-corrected chi connectivity index (χ4v) is 3.20. The molecule has 0 aromatic heterocycles. The van der Waals surface area contributed by atoms with Crippen LogP contribution in [0, 0.1) is 0 Å². The minimum atomic E-state index is 0.472. The third-order valence-corrected chi connectivity index (χ3v) is 4.23. The van der Waals surface area contributed by atoms with Crippen LogP contribution < -0.4 is 10.2 Å². The van der Waals surface area contributed by atoms with Gasteiger partial charge in [-0.15, -0.1) is 0 Å². The molecule has 18 heavy (non-hydrogen) atoms. The Morgan fingerprint density at radius 1 is 1.33 bits per heavy atom. The highest BCUT2D eigenvalue weighted by Crippen LogP contribution is 2.33. The molecule has 2 heteroatoms. The van der Waals surface area contributed by atoms with Crippen LogP contribution in [0.2, 0.25) is 0 Å². The van der Waals surface area contributed by atoms with Crippen LogP contribution in [-0.2, 0) is 0 Å². The van der Waals surface area contributed by atoms with E-state index in [2.05, 4.69) is 55.4 Å². The maximum absolute atomic E-state index is 3.44. The minimum absolute atomic E-state index is 0.472. The van der Waals surface area contributed by atoms with Gasteiger partial charge in [-0.2, -0.15) is 0 Å². The average molecular weight is 246 g/mol. The quantitative estimate of drug-likeness (QED) is 0.851. The summed E-state index contributed by atoms with van der Waals surface area (Å²) in [6.45, 7) is 5.77. The standard InChI is InChI=1S/C16H26N2/c1-4-13-9-8-12-18(13)16-11-7-6-10-14(16)15(5-2)17-3/h6-7,10-11,13,15,17H,4-5,8-9,12H2,1-3H3. The zero-order valence-corrected chi connectivity index (χ0v) is 11.9. The van der Waals surface area contributed by atoms with E-state index in [1.54, 1.807) is 0 Å². The second-order valence-electron chi connectivity index (χ2n) is 5.21. The molecule has 0 bridgehead atoms. The molecule has 2 unspecified atom stereocenters. The normalized spacial score (nSPS) is 21.3. The van der Waals surface area contributed by atoms with Gasteiger partial charge in [0.15, 0.2) is 0 Å². The zero-order valence-electron chi connectivity index (χ0n) is 11.9. The van der Waals surface area contributed by atoms with Gasteiger partial charge in [-0.25, -0.2) is 0 Å². The number of benzene rings is 1. The number of hydrogen-bond donors (Lipinski definition) is 1. The molecule has 1 aromatic carbocycles. The number of nitrogens with one attached hydrogen (secondary N) is 1. The Morgan fingerprint density at radius 2 is 2.11 bits per heavy atom. The van der Waals surface area contributed by atoms with Crippen LogP contribution in [0.25, 0.3) is 0 Å². The lowest BCUT2D eigenvalue weighted by Gasteiger charge is -2.30. The molecule has 0 spiro atoms. The Kier molecular flexibility index (Phi) is 4.65. The van der Waals surface area contributed by atoms with Crippen LogP contribution in [0.3, 0.4) is 0 Å². The van der Waals surface area contributed by atoms with Gasteiger partial charge in [0, 0.05) is 24.3 Å². The van der Waals surface area contributed by atoms with Gasteiger partial charge in [0.1, 0.15) is 0 Å². The fraction of sp³-hybridized carbons (Fsp3) is 0.625. The molecular weight excluding hydrogens is 220 g/mol. The number of para-hydroxylation sites is 1. The second kappa shape index (κ2) is 6.24. The zero-order chi connectivity index (χ0) is 13.0. The van der Waals surface area contributed by atoms with Crippen molar-refractivity contribution < 1.29 is 0 Å². The van der Waals surface area contributed by atoms with Crippen molar-refractivity contribution in [1.82, 2.24) is 5.32 Å². The summed E-state index contributed by atoms with van der Waals surface area (Å²) in [7, 11) is 2.06. The van der Waals surface area contributed by atoms with Crippen LogP contribution >= 0.6 is 0 Å². The van der Waals surface area contributed by atoms with Crippen LogP contribution in [0.15, 0.2) is 24.3 Å². The summed E-state index contributed by atoms with van der Waals surface area (Å²) in [6, 6.07) is 10.1. The largest absolute Gasteiger partial charge is 0.368 e. The van der Waals surface area contributed by atoms with Crippen molar-refractivity contribution in [3.05, 3.63) is 29.8 Å². The summed E-state index contributed by atoms with van der Waals surface area (Å²) in [4.78, 5) is 2.62. The van der Waals surface area contributed by atoms with Gasteiger partial charge in [0.25, 0.3) is 0 Å². The molecule has 0 aliphatic carbocycles. The molecule has 1 N–H and O–H groups in total. The van der Waals surface area contributed by atoms with E-state index in [-0.39, 0.29) is 0 Å². The Hall–Kier alpha value is -1.02. The van der Waals surface area contributed by atoms with Gasteiger partial charge in [0.2, 0.25) is 0 Å². The van der Waals surface area contributed by atoms with E-state index in [0.29, 0.717) is 6.04 Å². The smallest absolute Gasteiger partial charge is 0.0417 e. The second-order valence-corrected chi connectivity index (χ2v) is 5.21. The highest BCUT2D eigenvalue weighted by Gasteiger charge is 2.25. The van der Waals surface area contributed by atoms with E-state index in [1.807, 2.05) is 0 Å². The molecule has 2 nitrogen and oxygen atoms in total. The summed E-state index contributed by atoms with van der Waals surface area (Å²) in [5.74, 6) is 0. The Morgan fingerprint density at radius 3 is 2.78 bits per heavy atom. The number of rotatable bonds is 5. The van der Waals surface area contributed by atoms with Crippen molar-refractivity contribution in [1.29, 1.82) is 0 Å². The Labute approximate surface area is 111 Å². The molecule has 1 aliphatic rings. The molecule has 0 amide bonds. The topological polar surface area (TPSA) is 15.3 Å². The summed E-state index contributed by atoms with van der Waals surface area (Å²) >= 11 is 0. The Balaban J connectivity index is 2.32. The number of nitrogens with zero attached hydrogens (tertiary/aromatic N) is 1. The van der Waals surface area contributed by atoms with E-state index in [4.69, 9.17) is 0 Å². The molecule has 1 aliphatic heterocycles. The predicted octanol–water partition coefficient (Wildman–Crippen LogP) is 3.74. The van der Waals surface area contributed by atoms with Crippen molar-refractivity contribution >= 4 is 5.69 Å². The molecule has 0 radical (unpaired) electrons. The van der Waals surface area contributed by atoms with E-state index >= 15 is 0 Å². The van der Waals surface area contributed by atoms with Crippen molar-refractivity contribution in [2.75, 3.05) is 18.5 Å². The molecule has 2 atom stereocenters. The van der Waals surface area contributed by atoms with Gasteiger partial charge in [-0.05, 0) is 44.4 Å². The summed E-state index contributed by atoms with van der Waals surface area (Å²) in [6.07, 6.45) is 5.08. The lowest BCUT2D eigenvalue weighted by Crippen LogP contribution is -2.30. The van der Waals surface area contributed by atoms with Crippen LogP contribution in [0.1, 0.15) is 51.1 Å². The highest BCUT2D eigenvalue weighted by atomic mass is 15.2. The molecule has 100 valence electrons. The van der Waals surface area contributed by atoms with Gasteiger partial charge < -0.3 is 10.2 Å². The molecule has 1 aromatic rings. The molecule has 2 rings (SSSR count). The Bertz CT molecular complexity index is 371. The first kappa shape index (κ1) is 13.4. The van der Waals surface area contributed by atoms with E-state index in [1.165, 1.54) is 37.1 Å².